The van der Waals surface area contributed by atoms with Crippen molar-refractivity contribution in [2.24, 2.45) is 0 Å². The Bertz CT molecular complexity index is 603. The van der Waals surface area contributed by atoms with Crippen LogP contribution >= 0.6 is 0 Å². The van der Waals surface area contributed by atoms with E-state index in [1.807, 2.05) is 0 Å². The Morgan fingerprint density at radius 2 is 1.81 bits per heavy atom. The second-order valence-corrected chi connectivity index (χ2v) is 12.9. The molecule has 0 saturated heterocycles. The van der Waals surface area contributed by atoms with Gasteiger partial charge >= 0.3 is 0 Å². The molecule has 0 aliphatic heterocycles. The third-order valence-corrected chi connectivity index (χ3v) is 11.1. The van der Waals surface area contributed by atoms with E-state index < -0.39 is 8.07 Å². The first-order chi connectivity index (χ1) is 9.61. The van der Waals surface area contributed by atoms with Gasteiger partial charge < -0.3 is 10.2 Å². The van der Waals surface area contributed by atoms with Gasteiger partial charge in [-0.25, -0.2) is 0 Å². The molecule has 1 aromatic rings. The van der Waals surface area contributed by atoms with Crippen molar-refractivity contribution in [3.63, 3.8) is 0 Å². The van der Waals surface area contributed by atoms with Gasteiger partial charge in [-0.1, -0.05) is 51.2 Å². The lowest BCUT2D eigenvalue weighted by molar-refractivity contribution is 0.376. The highest BCUT2D eigenvalue weighted by molar-refractivity contribution is 6.86. The minimum absolute atomic E-state index is 0.188. The molecule has 0 atom stereocenters. The molecule has 0 bridgehead atoms. The van der Waals surface area contributed by atoms with Crippen molar-refractivity contribution in [2.75, 3.05) is 0 Å². The van der Waals surface area contributed by atoms with E-state index in [-0.39, 0.29) is 16.8 Å². The summed E-state index contributed by atoms with van der Waals surface area (Å²) in [6.07, 6.45) is 5.43. The van der Waals surface area contributed by atoms with Gasteiger partial charge in [0.05, 0.1) is 8.07 Å². The van der Waals surface area contributed by atoms with Gasteiger partial charge in [0.2, 0.25) is 0 Å². The summed E-state index contributed by atoms with van der Waals surface area (Å²) in [7, 11) is -1.58. The normalized spacial score (nSPS) is 15.6. The molecule has 0 fully saturated rings. The van der Waals surface area contributed by atoms with E-state index in [9.17, 15) is 10.2 Å². The zero-order valence-corrected chi connectivity index (χ0v) is 14.8. The number of fused-ring (bicyclic) bond motifs is 1. The minimum Gasteiger partial charge on any atom is -0.494 e. The molecule has 0 spiro atoms. The lowest BCUT2D eigenvalue weighted by atomic mass is 10.0. The molecule has 0 aromatic carbocycles. The second kappa shape index (κ2) is 5.09. The second-order valence-electron chi connectivity index (χ2n) is 7.49. The van der Waals surface area contributed by atoms with Crippen molar-refractivity contribution >= 4 is 8.07 Å². The van der Waals surface area contributed by atoms with Gasteiger partial charge in [-0.2, -0.15) is 0 Å². The summed E-state index contributed by atoms with van der Waals surface area (Å²) in [5.74, 6) is 0.389. The van der Waals surface area contributed by atoms with Crippen LogP contribution in [0.1, 0.15) is 31.9 Å². The molecule has 3 nitrogen and oxygen atoms in total. The number of aromatic hydroxyl groups is 2. The fourth-order valence-electron chi connectivity index (χ4n) is 2.84. The van der Waals surface area contributed by atoms with Gasteiger partial charge in [0.1, 0.15) is 0 Å². The van der Waals surface area contributed by atoms with Crippen LogP contribution in [-0.4, -0.2) is 22.9 Å². The minimum atomic E-state index is -1.58. The van der Waals surface area contributed by atoms with Gasteiger partial charge in [-0.05, 0) is 17.9 Å². The van der Waals surface area contributed by atoms with E-state index in [0.717, 1.165) is 17.5 Å². The summed E-state index contributed by atoms with van der Waals surface area (Å²) in [6, 6.07) is 0. The third kappa shape index (κ3) is 2.46. The summed E-state index contributed by atoms with van der Waals surface area (Å²) in [6.45, 7) is 15.8. The maximum atomic E-state index is 10.4. The zero-order chi connectivity index (χ0) is 16.0. The molecule has 0 saturated carbocycles. The quantitative estimate of drug-likeness (QED) is 0.650. The van der Waals surface area contributed by atoms with Crippen molar-refractivity contribution in [2.45, 2.75) is 58.3 Å². The average molecular weight is 305 g/mol. The van der Waals surface area contributed by atoms with E-state index in [4.69, 9.17) is 0 Å². The molecule has 2 N–H and O–H groups in total. The number of rotatable bonds is 3. The standard InChI is InChI=1S/C17H27NO2Si/c1-7-10-18-15(19)13-9-8-12(11-14(13)16(18)20)21(5,6)17(2,3)4/h7-8,19-20H,1,9-11H2,2-6H3. The molecular weight excluding hydrogens is 278 g/mol. The molecule has 0 radical (unpaired) electrons. The highest BCUT2D eigenvalue weighted by Gasteiger charge is 2.40. The zero-order valence-electron chi connectivity index (χ0n) is 13.8. The maximum Gasteiger partial charge on any atom is 0.198 e. The number of aromatic nitrogens is 1. The molecule has 116 valence electrons. The summed E-state index contributed by atoms with van der Waals surface area (Å²) < 4.78 is 1.54. The van der Waals surface area contributed by atoms with Crippen LogP contribution in [0.25, 0.3) is 0 Å². The first-order valence-corrected chi connectivity index (χ1v) is 10.5. The van der Waals surface area contributed by atoms with Gasteiger partial charge in [0, 0.05) is 17.7 Å². The Kier molecular flexibility index (Phi) is 3.87. The van der Waals surface area contributed by atoms with Crippen LogP contribution in [0, 0.1) is 0 Å². The summed E-state index contributed by atoms with van der Waals surface area (Å²) in [5, 5.41) is 22.4. The molecule has 21 heavy (non-hydrogen) atoms. The molecule has 2 rings (SSSR count). The van der Waals surface area contributed by atoms with Gasteiger partial charge in [-0.3, -0.25) is 4.57 Å². The van der Waals surface area contributed by atoms with Gasteiger partial charge in [0.15, 0.2) is 11.8 Å². The lowest BCUT2D eigenvalue weighted by Gasteiger charge is -2.40. The van der Waals surface area contributed by atoms with Gasteiger partial charge in [-0.15, -0.1) is 6.58 Å². The van der Waals surface area contributed by atoms with Crippen LogP contribution in [0.15, 0.2) is 23.9 Å². The van der Waals surface area contributed by atoms with Crippen molar-refractivity contribution < 1.29 is 10.2 Å². The van der Waals surface area contributed by atoms with E-state index in [0.29, 0.717) is 13.0 Å². The van der Waals surface area contributed by atoms with Crippen molar-refractivity contribution in [1.29, 1.82) is 0 Å². The number of hydrogen-bond donors (Lipinski definition) is 2. The first kappa shape index (κ1) is 16.0. The Balaban J connectivity index is 2.42. The van der Waals surface area contributed by atoms with Crippen LogP contribution in [0.5, 0.6) is 11.8 Å². The van der Waals surface area contributed by atoms with Crippen LogP contribution in [0.4, 0.5) is 0 Å². The molecule has 1 aromatic heterocycles. The van der Waals surface area contributed by atoms with Crippen LogP contribution < -0.4 is 0 Å². The summed E-state index contributed by atoms with van der Waals surface area (Å²) >= 11 is 0. The molecule has 1 heterocycles. The number of nitrogens with zero attached hydrogens (tertiary/aromatic N) is 1. The highest BCUT2D eigenvalue weighted by Crippen LogP contribution is 2.46. The largest absolute Gasteiger partial charge is 0.494 e. The first-order valence-electron chi connectivity index (χ1n) is 7.53. The molecule has 0 amide bonds. The van der Waals surface area contributed by atoms with Crippen molar-refractivity contribution in [3.05, 3.63) is 35.1 Å². The van der Waals surface area contributed by atoms with Gasteiger partial charge in [0.25, 0.3) is 0 Å². The summed E-state index contributed by atoms with van der Waals surface area (Å²) in [5.41, 5.74) is 1.77. The highest BCUT2D eigenvalue weighted by atomic mass is 28.3. The van der Waals surface area contributed by atoms with Crippen molar-refractivity contribution in [3.8, 4) is 11.8 Å². The Morgan fingerprint density at radius 3 is 2.33 bits per heavy atom. The number of allylic oxidation sites excluding steroid dienone is 3. The molecule has 4 heteroatoms. The van der Waals surface area contributed by atoms with E-state index in [1.54, 1.807) is 10.6 Å². The Labute approximate surface area is 128 Å². The monoisotopic (exact) mass is 305 g/mol. The Morgan fingerprint density at radius 1 is 1.24 bits per heavy atom. The van der Waals surface area contributed by atoms with E-state index in [2.05, 4.69) is 46.5 Å². The Hall–Kier alpha value is -1.42. The SMILES string of the molecule is C=CCn1c(O)c2c(c1O)CC([Si](C)(C)C(C)(C)C)=CC2. The lowest BCUT2D eigenvalue weighted by Crippen LogP contribution is -2.41. The molecular formula is C17H27NO2Si. The molecule has 1 aliphatic rings. The maximum absolute atomic E-state index is 10.4. The fraction of sp³-hybridized carbons (Fsp3) is 0.529. The third-order valence-electron chi connectivity index (χ3n) is 5.32. The predicted octanol–water partition coefficient (Wildman–Crippen LogP) is 4.16. The van der Waals surface area contributed by atoms with Crippen LogP contribution in [0.2, 0.25) is 18.1 Å². The average Bonchev–Trinajstić information content (AvgIpc) is 2.63. The topological polar surface area (TPSA) is 45.4 Å². The van der Waals surface area contributed by atoms with E-state index >= 15 is 0 Å². The van der Waals surface area contributed by atoms with E-state index in [1.165, 1.54) is 5.20 Å². The smallest absolute Gasteiger partial charge is 0.198 e. The van der Waals surface area contributed by atoms with Crippen molar-refractivity contribution in [1.82, 2.24) is 4.57 Å². The predicted molar refractivity (Wildman–Crippen MR) is 90.6 cm³/mol. The van der Waals surface area contributed by atoms with Crippen LogP contribution in [0.3, 0.4) is 0 Å². The van der Waals surface area contributed by atoms with Crippen LogP contribution in [-0.2, 0) is 19.4 Å². The fourth-order valence-corrected chi connectivity index (χ4v) is 5.04. The summed E-state index contributed by atoms with van der Waals surface area (Å²) in [4.78, 5) is 0. The molecule has 0 unspecified atom stereocenters. The number of hydrogen-bond acceptors (Lipinski definition) is 2. The molecule has 1 aliphatic carbocycles.